The van der Waals surface area contributed by atoms with Crippen molar-refractivity contribution in [1.82, 2.24) is 0 Å². The normalized spacial score (nSPS) is 34.4. The van der Waals surface area contributed by atoms with E-state index >= 15 is 0 Å². The lowest BCUT2D eigenvalue weighted by Crippen LogP contribution is -2.43. The minimum Gasteiger partial charge on any atom is -0.390 e. The van der Waals surface area contributed by atoms with Gasteiger partial charge in [0.15, 0.2) is 0 Å². The third-order valence-electron chi connectivity index (χ3n) is 3.65. The highest BCUT2D eigenvalue weighted by atomic mass is 16.5. The van der Waals surface area contributed by atoms with Crippen LogP contribution in [0.15, 0.2) is 0 Å². The highest BCUT2D eigenvalue weighted by Gasteiger charge is 2.36. The van der Waals surface area contributed by atoms with Gasteiger partial charge in [-0.05, 0) is 24.7 Å². The van der Waals surface area contributed by atoms with E-state index in [1.807, 2.05) is 0 Å². The Kier molecular flexibility index (Phi) is 4.60. The van der Waals surface area contributed by atoms with Crippen LogP contribution >= 0.6 is 0 Å². The van der Waals surface area contributed by atoms with Gasteiger partial charge in [0.1, 0.15) is 0 Å². The van der Waals surface area contributed by atoms with Crippen LogP contribution in [-0.4, -0.2) is 23.4 Å². The molecule has 15 heavy (non-hydrogen) atoms. The molecule has 1 aliphatic heterocycles. The standard InChI is InChI=1S/C13H26O2/c1-5-11(4)8-13(14)6-7-15-12(9-13)10(2)3/h10-12,14H,5-9H2,1-4H3. The molecule has 1 fully saturated rings. The molecule has 1 N–H and O–H groups in total. The summed E-state index contributed by atoms with van der Waals surface area (Å²) in [5.41, 5.74) is -0.470. The lowest BCUT2D eigenvalue weighted by atomic mass is 9.80. The summed E-state index contributed by atoms with van der Waals surface area (Å²) in [6.07, 6.45) is 3.94. The van der Waals surface area contributed by atoms with Crippen LogP contribution in [0.3, 0.4) is 0 Å². The van der Waals surface area contributed by atoms with Crippen molar-refractivity contribution in [2.24, 2.45) is 11.8 Å². The van der Waals surface area contributed by atoms with Gasteiger partial charge in [-0.25, -0.2) is 0 Å². The molecule has 0 amide bonds. The first-order valence-corrected chi connectivity index (χ1v) is 6.31. The molecule has 0 aromatic rings. The van der Waals surface area contributed by atoms with Crippen molar-refractivity contribution < 1.29 is 9.84 Å². The van der Waals surface area contributed by atoms with Crippen molar-refractivity contribution in [2.45, 2.75) is 65.1 Å². The molecule has 3 unspecified atom stereocenters. The van der Waals surface area contributed by atoms with Crippen molar-refractivity contribution in [2.75, 3.05) is 6.61 Å². The molecule has 0 aliphatic carbocycles. The van der Waals surface area contributed by atoms with Crippen LogP contribution < -0.4 is 0 Å². The van der Waals surface area contributed by atoms with E-state index in [2.05, 4.69) is 27.7 Å². The lowest BCUT2D eigenvalue weighted by molar-refractivity contribution is -0.125. The van der Waals surface area contributed by atoms with Crippen molar-refractivity contribution in [3.8, 4) is 0 Å². The van der Waals surface area contributed by atoms with Gasteiger partial charge in [-0.3, -0.25) is 0 Å². The molecule has 3 atom stereocenters. The molecule has 1 rings (SSSR count). The number of ether oxygens (including phenoxy) is 1. The van der Waals surface area contributed by atoms with Gasteiger partial charge in [0.05, 0.1) is 11.7 Å². The van der Waals surface area contributed by atoms with Gasteiger partial charge < -0.3 is 9.84 Å². The van der Waals surface area contributed by atoms with Crippen LogP contribution in [0.4, 0.5) is 0 Å². The Morgan fingerprint density at radius 1 is 1.40 bits per heavy atom. The van der Waals surface area contributed by atoms with Crippen molar-refractivity contribution in [1.29, 1.82) is 0 Å². The maximum Gasteiger partial charge on any atom is 0.0697 e. The Morgan fingerprint density at radius 2 is 2.07 bits per heavy atom. The highest BCUT2D eigenvalue weighted by Crippen LogP contribution is 2.33. The smallest absolute Gasteiger partial charge is 0.0697 e. The largest absolute Gasteiger partial charge is 0.390 e. The summed E-state index contributed by atoms with van der Waals surface area (Å²) < 4.78 is 5.69. The molecular formula is C13H26O2. The topological polar surface area (TPSA) is 29.5 Å². The Labute approximate surface area is 94.0 Å². The Hall–Kier alpha value is -0.0800. The van der Waals surface area contributed by atoms with Gasteiger partial charge in [-0.1, -0.05) is 34.1 Å². The highest BCUT2D eigenvalue weighted by molar-refractivity contribution is 4.87. The minimum absolute atomic E-state index is 0.243. The Bertz CT molecular complexity index is 191. The zero-order valence-corrected chi connectivity index (χ0v) is 10.6. The zero-order chi connectivity index (χ0) is 11.5. The first-order chi connectivity index (χ1) is 6.97. The van der Waals surface area contributed by atoms with Crippen molar-refractivity contribution in [3.63, 3.8) is 0 Å². The number of rotatable bonds is 4. The van der Waals surface area contributed by atoms with E-state index in [1.165, 1.54) is 0 Å². The average Bonchev–Trinajstić information content (AvgIpc) is 2.17. The lowest BCUT2D eigenvalue weighted by Gasteiger charge is -2.39. The third kappa shape index (κ3) is 3.76. The van der Waals surface area contributed by atoms with E-state index in [4.69, 9.17) is 4.74 Å². The van der Waals surface area contributed by atoms with Crippen LogP contribution in [-0.2, 0) is 4.74 Å². The average molecular weight is 214 g/mol. The van der Waals surface area contributed by atoms with E-state index < -0.39 is 5.60 Å². The summed E-state index contributed by atoms with van der Waals surface area (Å²) >= 11 is 0. The van der Waals surface area contributed by atoms with Gasteiger partial charge >= 0.3 is 0 Å². The first kappa shape index (κ1) is 13.0. The van der Waals surface area contributed by atoms with E-state index in [1.54, 1.807) is 0 Å². The summed E-state index contributed by atoms with van der Waals surface area (Å²) in [5.74, 6) is 1.12. The maximum atomic E-state index is 10.5. The van der Waals surface area contributed by atoms with Gasteiger partial charge in [0.2, 0.25) is 0 Å². The van der Waals surface area contributed by atoms with Crippen LogP contribution in [0.5, 0.6) is 0 Å². The molecule has 90 valence electrons. The molecule has 0 saturated carbocycles. The third-order valence-corrected chi connectivity index (χ3v) is 3.65. The molecule has 1 heterocycles. The summed E-state index contributed by atoms with van der Waals surface area (Å²) in [6.45, 7) is 9.46. The molecule has 2 heteroatoms. The predicted molar refractivity (Wildman–Crippen MR) is 62.8 cm³/mol. The zero-order valence-electron chi connectivity index (χ0n) is 10.6. The molecule has 1 saturated heterocycles. The fraction of sp³-hybridized carbons (Fsp3) is 1.00. The first-order valence-electron chi connectivity index (χ1n) is 6.31. The quantitative estimate of drug-likeness (QED) is 0.779. The molecule has 0 aromatic heterocycles. The van der Waals surface area contributed by atoms with Gasteiger partial charge in [0, 0.05) is 13.0 Å². The summed E-state index contributed by atoms with van der Waals surface area (Å²) in [5, 5.41) is 10.5. The van der Waals surface area contributed by atoms with E-state index in [0.717, 1.165) is 32.3 Å². The monoisotopic (exact) mass is 214 g/mol. The number of hydrogen-bond acceptors (Lipinski definition) is 2. The summed E-state index contributed by atoms with van der Waals surface area (Å²) in [7, 11) is 0. The van der Waals surface area contributed by atoms with E-state index in [9.17, 15) is 5.11 Å². The van der Waals surface area contributed by atoms with E-state index in [0.29, 0.717) is 11.8 Å². The Balaban J connectivity index is 2.52. The van der Waals surface area contributed by atoms with Gasteiger partial charge in [0.25, 0.3) is 0 Å². The predicted octanol–water partition coefficient (Wildman–Crippen LogP) is 2.99. The molecule has 0 spiro atoms. The van der Waals surface area contributed by atoms with Crippen molar-refractivity contribution >= 4 is 0 Å². The fourth-order valence-electron chi connectivity index (χ4n) is 2.34. The second kappa shape index (κ2) is 5.31. The van der Waals surface area contributed by atoms with Crippen LogP contribution in [0, 0.1) is 11.8 Å². The second-order valence-electron chi connectivity index (χ2n) is 5.55. The van der Waals surface area contributed by atoms with Gasteiger partial charge in [-0.2, -0.15) is 0 Å². The molecule has 0 aromatic carbocycles. The SMILES string of the molecule is CCC(C)CC1(O)CCOC(C(C)C)C1. The van der Waals surface area contributed by atoms with Crippen LogP contribution in [0.2, 0.25) is 0 Å². The molecule has 1 aliphatic rings. The summed E-state index contributed by atoms with van der Waals surface area (Å²) in [6, 6.07) is 0. The molecule has 0 radical (unpaired) electrons. The molecule has 2 nitrogen and oxygen atoms in total. The van der Waals surface area contributed by atoms with E-state index in [-0.39, 0.29) is 6.10 Å². The van der Waals surface area contributed by atoms with Crippen LogP contribution in [0.25, 0.3) is 0 Å². The number of aliphatic hydroxyl groups is 1. The second-order valence-corrected chi connectivity index (χ2v) is 5.55. The number of hydrogen-bond donors (Lipinski definition) is 1. The minimum atomic E-state index is -0.470. The van der Waals surface area contributed by atoms with Crippen molar-refractivity contribution in [3.05, 3.63) is 0 Å². The fourth-order valence-corrected chi connectivity index (χ4v) is 2.34. The van der Waals surface area contributed by atoms with Crippen LogP contribution in [0.1, 0.15) is 53.4 Å². The summed E-state index contributed by atoms with van der Waals surface area (Å²) in [4.78, 5) is 0. The Morgan fingerprint density at radius 3 is 2.60 bits per heavy atom. The molecular weight excluding hydrogens is 188 g/mol. The maximum absolute atomic E-state index is 10.5. The molecule has 0 bridgehead atoms. The van der Waals surface area contributed by atoms with Gasteiger partial charge in [-0.15, -0.1) is 0 Å².